The normalized spacial score (nSPS) is 10.7. The zero-order valence-corrected chi connectivity index (χ0v) is 11.3. The van der Waals surface area contributed by atoms with E-state index in [0.717, 1.165) is 12.1 Å². The van der Waals surface area contributed by atoms with E-state index >= 15 is 0 Å². The van der Waals surface area contributed by atoms with E-state index in [1.165, 1.54) is 18.2 Å². The van der Waals surface area contributed by atoms with E-state index in [2.05, 4.69) is 15.6 Å². The number of rotatable bonds is 3. The highest BCUT2D eigenvalue weighted by Crippen LogP contribution is 2.25. The standard InChI is InChI=1S/C14H9F2N3O3/c1-7-4-12(19-21-7)14(20)17-13-6-11(18-22-13)9-3-2-8(15)5-10(9)16/h2-6H,1H3,(H,17,20). The number of aromatic nitrogens is 2. The van der Waals surface area contributed by atoms with Crippen LogP contribution < -0.4 is 5.32 Å². The van der Waals surface area contributed by atoms with Crippen molar-refractivity contribution in [3.05, 3.63) is 53.4 Å². The maximum atomic E-state index is 13.6. The molecule has 1 aromatic carbocycles. The number of hydrogen-bond donors (Lipinski definition) is 1. The molecule has 0 radical (unpaired) electrons. The molecule has 0 bridgehead atoms. The van der Waals surface area contributed by atoms with Crippen LogP contribution in [0.2, 0.25) is 0 Å². The summed E-state index contributed by atoms with van der Waals surface area (Å²) in [5, 5.41) is 9.59. The summed E-state index contributed by atoms with van der Waals surface area (Å²) < 4.78 is 36.2. The van der Waals surface area contributed by atoms with E-state index in [9.17, 15) is 13.6 Å². The summed E-state index contributed by atoms with van der Waals surface area (Å²) in [5.41, 5.74) is 0.260. The van der Waals surface area contributed by atoms with Gasteiger partial charge in [-0.15, -0.1) is 0 Å². The Bertz CT molecular complexity index is 841. The van der Waals surface area contributed by atoms with Crippen molar-refractivity contribution < 1.29 is 22.6 Å². The van der Waals surface area contributed by atoms with Gasteiger partial charge in [0.15, 0.2) is 5.69 Å². The number of hydrogen-bond acceptors (Lipinski definition) is 5. The van der Waals surface area contributed by atoms with E-state index in [-0.39, 0.29) is 22.8 Å². The molecule has 1 amide bonds. The second-order valence-electron chi connectivity index (χ2n) is 4.48. The van der Waals surface area contributed by atoms with Gasteiger partial charge in [0.25, 0.3) is 5.91 Å². The Balaban J connectivity index is 1.80. The minimum atomic E-state index is -0.779. The Morgan fingerprint density at radius 3 is 2.64 bits per heavy atom. The first-order valence-electron chi connectivity index (χ1n) is 6.20. The number of aryl methyl sites for hydroxylation is 1. The SMILES string of the molecule is Cc1cc(C(=O)Nc2cc(-c3ccc(F)cc3F)no2)no1. The van der Waals surface area contributed by atoms with Crippen molar-refractivity contribution in [1.29, 1.82) is 0 Å². The predicted octanol–water partition coefficient (Wildman–Crippen LogP) is 3.17. The van der Waals surface area contributed by atoms with Crippen LogP contribution in [-0.2, 0) is 0 Å². The Morgan fingerprint density at radius 1 is 1.14 bits per heavy atom. The smallest absolute Gasteiger partial charge is 0.280 e. The Hall–Kier alpha value is -3.03. The molecule has 6 nitrogen and oxygen atoms in total. The van der Waals surface area contributed by atoms with Crippen LogP contribution in [0.15, 0.2) is 39.4 Å². The van der Waals surface area contributed by atoms with Crippen molar-refractivity contribution in [1.82, 2.24) is 10.3 Å². The summed E-state index contributed by atoms with van der Waals surface area (Å²) in [6.07, 6.45) is 0. The third-order valence-corrected chi connectivity index (χ3v) is 2.81. The van der Waals surface area contributed by atoms with E-state index in [1.54, 1.807) is 6.92 Å². The summed E-state index contributed by atoms with van der Waals surface area (Å²) in [6.45, 7) is 1.65. The van der Waals surface area contributed by atoms with Gasteiger partial charge in [0.05, 0.1) is 0 Å². The van der Waals surface area contributed by atoms with E-state index in [4.69, 9.17) is 9.05 Å². The fourth-order valence-electron chi connectivity index (χ4n) is 1.81. The highest BCUT2D eigenvalue weighted by atomic mass is 19.1. The molecule has 8 heteroatoms. The van der Waals surface area contributed by atoms with Gasteiger partial charge in [-0.1, -0.05) is 10.3 Å². The van der Waals surface area contributed by atoms with Crippen molar-refractivity contribution in [2.24, 2.45) is 0 Å². The lowest BCUT2D eigenvalue weighted by atomic mass is 10.1. The van der Waals surface area contributed by atoms with Gasteiger partial charge in [-0.2, -0.15) is 0 Å². The summed E-state index contributed by atoms with van der Waals surface area (Å²) in [6, 6.07) is 5.84. The van der Waals surface area contributed by atoms with E-state index < -0.39 is 17.5 Å². The number of carbonyl (C=O) groups excluding carboxylic acids is 1. The van der Waals surface area contributed by atoms with Gasteiger partial charge in [-0.25, -0.2) is 8.78 Å². The molecule has 112 valence electrons. The van der Waals surface area contributed by atoms with E-state index in [0.29, 0.717) is 5.76 Å². The van der Waals surface area contributed by atoms with E-state index in [1.807, 2.05) is 0 Å². The van der Waals surface area contributed by atoms with Crippen molar-refractivity contribution in [2.45, 2.75) is 6.92 Å². The molecular weight excluding hydrogens is 296 g/mol. The first-order valence-corrected chi connectivity index (χ1v) is 6.20. The Morgan fingerprint density at radius 2 is 1.95 bits per heavy atom. The molecule has 0 aliphatic carbocycles. The summed E-state index contributed by atoms with van der Waals surface area (Å²) >= 11 is 0. The molecule has 0 unspecified atom stereocenters. The fourth-order valence-corrected chi connectivity index (χ4v) is 1.81. The van der Waals surface area contributed by atoms with Gasteiger partial charge in [-0.05, 0) is 19.1 Å². The summed E-state index contributed by atoms with van der Waals surface area (Å²) in [7, 11) is 0. The molecule has 0 spiro atoms. The molecule has 22 heavy (non-hydrogen) atoms. The van der Waals surface area contributed by atoms with Crippen LogP contribution in [0.5, 0.6) is 0 Å². The molecule has 0 saturated carbocycles. The molecule has 3 rings (SSSR count). The van der Waals surface area contributed by atoms with Crippen LogP contribution in [0, 0.1) is 18.6 Å². The minimum absolute atomic E-state index is 0.00405. The lowest BCUT2D eigenvalue weighted by Crippen LogP contribution is -2.11. The molecule has 0 aliphatic heterocycles. The molecule has 1 N–H and O–H groups in total. The predicted molar refractivity (Wildman–Crippen MR) is 71.0 cm³/mol. The second-order valence-corrected chi connectivity index (χ2v) is 4.48. The highest BCUT2D eigenvalue weighted by Gasteiger charge is 2.16. The lowest BCUT2D eigenvalue weighted by Gasteiger charge is -1.97. The number of amides is 1. The molecule has 0 saturated heterocycles. The van der Waals surface area contributed by atoms with Crippen LogP contribution in [0.1, 0.15) is 16.2 Å². The topological polar surface area (TPSA) is 81.2 Å². The van der Waals surface area contributed by atoms with Crippen LogP contribution in [0.25, 0.3) is 11.3 Å². The minimum Gasteiger partial charge on any atom is -0.361 e. The van der Waals surface area contributed by atoms with Crippen molar-refractivity contribution in [3.8, 4) is 11.3 Å². The second kappa shape index (κ2) is 5.40. The average Bonchev–Trinajstić information content (AvgIpc) is 3.08. The highest BCUT2D eigenvalue weighted by molar-refractivity contribution is 6.02. The number of halogens is 2. The molecule has 3 aromatic rings. The van der Waals surface area contributed by atoms with Crippen LogP contribution in [-0.4, -0.2) is 16.2 Å². The molecule has 0 fully saturated rings. The monoisotopic (exact) mass is 305 g/mol. The fraction of sp³-hybridized carbons (Fsp3) is 0.0714. The van der Waals surface area contributed by atoms with Crippen LogP contribution in [0.4, 0.5) is 14.7 Å². The number of anilines is 1. The third kappa shape index (κ3) is 2.71. The van der Waals surface area contributed by atoms with Gasteiger partial charge in [0, 0.05) is 23.8 Å². The zero-order valence-electron chi connectivity index (χ0n) is 11.3. The zero-order chi connectivity index (χ0) is 15.7. The van der Waals surface area contributed by atoms with Crippen molar-refractivity contribution in [2.75, 3.05) is 5.32 Å². The molecule has 0 aliphatic rings. The Labute approximate surface area is 122 Å². The molecule has 0 atom stereocenters. The molecular formula is C14H9F2N3O3. The lowest BCUT2D eigenvalue weighted by molar-refractivity contribution is 0.101. The first kappa shape index (κ1) is 13.9. The first-order chi connectivity index (χ1) is 10.5. The van der Waals surface area contributed by atoms with Crippen molar-refractivity contribution >= 4 is 11.8 Å². The summed E-state index contributed by atoms with van der Waals surface area (Å²) in [5.74, 6) is -1.54. The van der Waals surface area contributed by atoms with Gasteiger partial charge < -0.3 is 9.05 Å². The number of nitrogens with zero attached hydrogens (tertiary/aromatic N) is 2. The van der Waals surface area contributed by atoms with Crippen LogP contribution in [0.3, 0.4) is 0 Å². The number of nitrogens with one attached hydrogen (secondary N) is 1. The maximum Gasteiger partial charge on any atom is 0.280 e. The van der Waals surface area contributed by atoms with Crippen molar-refractivity contribution in [3.63, 3.8) is 0 Å². The average molecular weight is 305 g/mol. The number of benzene rings is 1. The molecule has 2 heterocycles. The maximum absolute atomic E-state index is 13.6. The van der Waals surface area contributed by atoms with Gasteiger partial charge in [0.2, 0.25) is 5.88 Å². The summed E-state index contributed by atoms with van der Waals surface area (Å²) in [4.78, 5) is 11.8. The van der Waals surface area contributed by atoms with Gasteiger partial charge in [0.1, 0.15) is 23.1 Å². The Kier molecular flexibility index (Phi) is 3.42. The molecule has 2 aromatic heterocycles. The third-order valence-electron chi connectivity index (χ3n) is 2.81. The van der Waals surface area contributed by atoms with Gasteiger partial charge >= 0.3 is 0 Å². The number of carbonyl (C=O) groups is 1. The quantitative estimate of drug-likeness (QED) is 0.803. The van der Waals surface area contributed by atoms with Crippen LogP contribution >= 0.6 is 0 Å². The van der Waals surface area contributed by atoms with Gasteiger partial charge in [-0.3, -0.25) is 10.1 Å². The largest absolute Gasteiger partial charge is 0.361 e.